The summed E-state index contributed by atoms with van der Waals surface area (Å²) in [5.41, 5.74) is 0.578. The molecule has 1 N–H and O–H groups in total. The van der Waals surface area contributed by atoms with Crippen LogP contribution in [0.5, 0.6) is 0 Å². The van der Waals surface area contributed by atoms with Gasteiger partial charge < -0.3 is 5.32 Å². The minimum atomic E-state index is 0.578. The number of fused-ring (bicyclic) bond motifs is 3. The lowest BCUT2D eigenvalue weighted by molar-refractivity contribution is 0.113. The van der Waals surface area contributed by atoms with E-state index in [0.717, 1.165) is 5.92 Å². The summed E-state index contributed by atoms with van der Waals surface area (Å²) < 4.78 is 0. The first kappa shape index (κ1) is 6.66. The van der Waals surface area contributed by atoms with Crippen LogP contribution in [0.25, 0.3) is 0 Å². The van der Waals surface area contributed by atoms with E-state index in [2.05, 4.69) is 12.4 Å². The van der Waals surface area contributed by atoms with E-state index in [0.29, 0.717) is 5.54 Å². The van der Waals surface area contributed by atoms with Crippen molar-refractivity contribution in [1.82, 2.24) is 5.32 Å². The molecule has 0 amide bonds. The molecule has 1 nitrogen and oxygen atoms in total. The van der Waals surface area contributed by atoms with Crippen molar-refractivity contribution in [3.63, 3.8) is 0 Å². The van der Waals surface area contributed by atoms with Gasteiger partial charge in [0.15, 0.2) is 0 Å². The van der Waals surface area contributed by atoms with Gasteiger partial charge in [-0.2, -0.15) is 0 Å². The maximum absolute atomic E-state index is 3.50. The highest BCUT2D eigenvalue weighted by molar-refractivity contribution is 4.96. The molecule has 0 aliphatic heterocycles. The molecule has 0 saturated heterocycles. The molecule has 0 heterocycles. The summed E-state index contributed by atoms with van der Waals surface area (Å²) in [7, 11) is 2.13. The van der Waals surface area contributed by atoms with Crippen molar-refractivity contribution >= 4 is 0 Å². The van der Waals surface area contributed by atoms with E-state index < -0.39 is 0 Å². The Morgan fingerprint density at radius 3 is 1.90 bits per heavy atom. The van der Waals surface area contributed by atoms with Crippen LogP contribution < -0.4 is 5.32 Å². The minimum Gasteiger partial charge on any atom is -0.314 e. The average molecular weight is 139 g/mol. The molecule has 0 aromatic rings. The number of nitrogens with one attached hydrogen (secondary N) is 1. The van der Waals surface area contributed by atoms with Gasteiger partial charge in [-0.05, 0) is 51.5 Å². The molecule has 0 atom stereocenters. The zero-order chi connectivity index (χ0) is 7.03. The lowest BCUT2D eigenvalue weighted by Crippen LogP contribution is -2.49. The fourth-order valence-electron chi connectivity index (χ4n) is 2.62. The fraction of sp³-hybridized carbons (Fsp3) is 1.00. The Labute approximate surface area is 63.2 Å². The molecular weight excluding hydrogens is 122 g/mol. The first-order chi connectivity index (χ1) is 4.85. The highest BCUT2D eigenvalue weighted by Crippen LogP contribution is 2.43. The second kappa shape index (κ2) is 2.23. The van der Waals surface area contributed by atoms with Crippen molar-refractivity contribution in [1.29, 1.82) is 0 Å². The molecule has 0 aromatic carbocycles. The smallest absolute Gasteiger partial charge is 0.0178 e. The van der Waals surface area contributed by atoms with E-state index in [4.69, 9.17) is 0 Å². The van der Waals surface area contributed by atoms with Gasteiger partial charge in [0.05, 0.1) is 0 Å². The van der Waals surface area contributed by atoms with Crippen LogP contribution in [0.4, 0.5) is 0 Å². The molecule has 10 heavy (non-hydrogen) atoms. The standard InChI is InChI=1S/C9H17N/c1-10-9-5-2-8(3-6-9)4-7-9/h8,10H,2-7H2,1H3. The van der Waals surface area contributed by atoms with Crippen LogP contribution in [-0.4, -0.2) is 12.6 Å². The lowest BCUT2D eigenvalue weighted by Gasteiger charge is -2.46. The van der Waals surface area contributed by atoms with E-state index in [9.17, 15) is 0 Å². The Morgan fingerprint density at radius 1 is 1.10 bits per heavy atom. The maximum atomic E-state index is 3.50. The Morgan fingerprint density at radius 2 is 1.60 bits per heavy atom. The molecule has 1 heteroatoms. The molecule has 2 bridgehead atoms. The summed E-state index contributed by atoms with van der Waals surface area (Å²) in [6.45, 7) is 0. The van der Waals surface area contributed by atoms with Gasteiger partial charge in [0.2, 0.25) is 0 Å². The molecule has 3 aliphatic carbocycles. The molecule has 3 rings (SSSR count). The van der Waals surface area contributed by atoms with Gasteiger partial charge in [0.25, 0.3) is 0 Å². The summed E-state index contributed by atoms with van der Waals surface area (Å²) in [6, 6.07) is 0. The van der Waals surface area contributed by atoms with Gasteiger partial charge in [0, 0.05) is 5.54 Å². The third-order valence-electron chi connectivity index (χ3n) is 3.62. The summed E-state index contributed by atoms with van der Waals surface area (Å²) in [5.74, 6) is 1.09. The molecule has 0 unspecified atom stereocenters. The maximum Gasteiger partial charge on any atom is 0.0178 e. The molecule has 3 saturated carbocycles. The Kier molecular flexibility index (Phi) is 1.48. The number of hydrogen-bond donors (Lipinski definition) is 1. The van der Waals surface area contributed by atoms with E-state index in [-0.39, 0.29) is 0 Å². The van der Waals surface area contributed by atoms with Crippen LogP contribution in [0.2, 0.25) is 0 Å². The van der Waals surface area contributed by atoms with E-state index in [1.165, 1.54) is 38.5 Å². The molecular formula is C9H17N. The summed E-state index contributed by atoms with van der Waals surface area (Å²) in [6.07, 6.45) is 8.78. The van der Waals surface area contributed by atoms with Crippen molar-refractivity contribution in [3.05, 3.63) is 0 Å². The zero-order valence-corrected chi connectivity index (χ0v) is 6.82. The van der Waals surface area contributed by atoms with Gasteiger partial charge >= 0.3 is 0 Å². The summed E-state index contributed by atoms with van der Waals surface area (Å²) in [5, 5.41) is 3.50. The predicted octanol–water partition coefficient (Wildman–Crippen LogP) is 1.93. The summed E-state index contributed by atoms with van der Waals surface area (Å²) >= 11 is 0. The van der Waals surface area contributed by atoms with Crippen molar-refractivity contribution in [3.8, 4) is 0 Å². The van der Waals surface area contributed by atoms with Crippen LogP contribution in [0.3, 0.4) is 0 Å². The SMILES string of the molecule is CNC12CCC(CC1)CC2. The van der Waals surface area contributed by atoms with Crippen LogP contribution >= 0.6 is 0 Å². The number of rotatable bonds is 1. The van der Waals surface area contributed by atoms with E-state index >= 15 is 0 Å². The lowest BCUT2D eigenvalue weighted by atomic mass is 9.66. The van der Waals surface area contributed by atoms with Crippen LogP contribution in [0.15, 0.2) is 0 Å². The first-order valence-electron chi connectivity index (χ1n) is 4.54. The Bertz CT molecular complexity index is 109. The molecule has 3 fully saturated rings. The normalized spacial score (nSPS) is 45.9. The third kappa shape index (κ3) is 0.878. The highest BCUT2D eigenvalue weighted by Gasteiger charge is 2.38. The van der Waals surface area contributed by atoms with Crippen molar-refractivity contribution < 1.29 is 0 Å². The van der Waals surface area contributed by atoms with Crippen molar-refractivity contribution in [2.75, 3.05) is 7.05 Å². The predicted molar refractivity (Wildman–Crippen MR) is 43.0 cm³/mol. The van der Waals surface area contributed by atoms with Crippen molar-refractivity contribution in [2.45, 2.75) is 44.1 Å². The van der Waals surface area contributed by atoms with Gasteiger partial charge in [-0.3, -0.25) is 0 Å². The van der Waals surface area contributed by atoms with Crippen LogP contribution in [-0.2, 0) is 0 Å². The molecule has 3 aliphatic rings. The molecule has 0 spiro atoms. The second-order valence-electron chi connectivity index (χ2n) is 4.01. The van der Waals surface area contributed by atoms with E-state index in [1.54, 1.807) is 0 Å². The van der Waals surface area contributed by atoms with Gasteiger partial charge in [0.1, 0.15) is 0 Å². The quantitative estimate of drug-likeness (QED) is 0.585. The molecule has 0 radical (unpaired) electrons. The fourth-order valence-corrected chi connectivity index (χ4v) is 2.62. The Hall–Kier alpha value is -0.0400. The van der Waals surface area contributed by atoms with Gasteiger partial charge in [-0.25, -0.2) is 0 Å². The van der Waals surface area contributed by atoms with E-state index in [1.807, 2.05) is 0 Å². The highest BCUT2D eigenvalue weighted by atomic mass is 14.9. The summed E-state index contributed by atoms with van der Waals surface area (Å²) in [4.78, 5) is 0. The average Bonchev–Trinajstić information content (AvgIpc) is 2.08. The van der Waals surface area contributed by atoms with Gasteiger partial charge in [-0.15, -0.1) is 0 Å². The van der Waals surface area contributed by atoms with Crippen LogP contribution in [0.1, 0.15) is 38.5 Å². The van der Waals surface area contributed by atoms with Crippen molar-refractivity contribution in [2.24, 2.45) is 5.92 Å². The topological polar surface area (TPSA) is 12.0 Å². The van der Waals surface area contributed by atoms with Gasteiger partial charge in [-0.1, -0.05) is 0 Å². The zero-order valence-electron chi connectivity index (χ0n) is 6.82. The Balaban J connectivity index is 2.08. The second-order valence-corrected chi connectivity index (χ2v) is 4.01. The molecule has 58 valence electrons. The van der Waals surface area contributed by atoms with Crippen LogP contribution in [0, 0.1) is 5.92 Å². The first-order valence-corrected chi connectivity index (χ1v) is 4.54. The largest absolute Gasteiger partial charge is 0.314 e. The minimum absolute atomic E-state index is 0.578. The monoisotopic (exact) mass is 139 g/mol. The molecule has 0 aromatic heterocycles. The number of hydrogen-bond acceptors (Lipinski definition) is 1. The third-order valence-corrected chi connectivity index (χ3v) is 3.62.